The molecule has 1 N–H and O–H groups in total. The van der Waals surface area contributed by atoms with Crippen molar-refractivity contribution in [2.24, 2.45) is 7.05 Å². The summed E-state index contributed by atoms with van der Waals surface area (Å²) in [5.41, 5.74) is 0.889. The van der Waals surface area contributed by atoms with Crippen LogP contribution in [0.5, 0.6) is 5.88 Å². The first kappa shape index (κ1) is 27.2. The molecule has 3 aromatic rings. The second-order valence-corrected chi connectivity index (χ2v) is 12.4. The van der Waals surface area contributed by atoms with E-state index in [0.29, 0.717) is 29.3 Å². The molecule has 0 aliphatic heterocycles. The Labute approximate surface area is 230 Å². The molecule has 0 atom stereocenters. The van der Waals surface area contributed by atoms with Crippen molar-refractivity contribution >= 4 is 26.8 Å². The molecule has 0 unspecified atom stereocenters. The van der Waals surface area contributed by atoms with Crippen LogP contribution in [0.25, 0.3) is 10.9 Å². The lowest BCUT2D eigenvalue weighted by atomic mass is 10.1. The van der Waals surface area contributed by atoms with E-state index in [1.807, 2.05) is 12.1 Å². The number of amides is 1. The number of aryl methyl sites for hydroxylation is 1. The van der Waals surface area contributed by atoms with Crippen LogP contribution in [0.1, 0.15) is 53.6 Å². The predicted molar refractivity (Wildman–Crippen MR) is 143 cm³/mol. The number of hydrogen-bond donors (Lipinski definition) is 1. The first-order valence-electron chi connectivity index (χ1n) is 12.8. The number of nitrogens with zero attached hydrogens (tertiary/aromatic N) is 6. The number of rotatable bonds is 11. The zero-order valence-electron chi connectivity index (χ0n) is 21.8. The normalized spacial score (nSPS) is 15.8. The lowest BCUT2D eigenvalue weighted by molar-refractivity contribution is 0.0949. The average Bonchev–Trinajstić information content (AvgIpc) is 3.88. The highest BCUT2D eigenvalue weighted by Gasteiger charge is 2.59. The fraction of sp³-hybridized carbons (Fsp3) is 0.407. The number of nitriles is 2. The molecule has 12 nitrogen and oxygen atoms in total. The van der Waals surface area contributed by atoms with E-state index in [-0.39, 0.29) is 43.6 Å². The summed E-state index contributed by atoms with van der Waals surface area (Å²) in [5.74, 6) is -0.579. The van der Waals surface area contributed by atoms with E-state index in [4.69, 9.17) is 15.3 Å². The third kappa shape index (κ3) is 5.13. The molecule has 1 amide bonds. The number of sulfonamides is 1. The maximum absolute atomic E-state index is 13.5. The monoisotopic (exact) mass is 561 g/mol. The van der Waals surface area contributed by atoms with Gasteiger partial charge in [0, 0.05) is 38.0 Å². The van der Waals surface area contributed by atoms with Crippen LogP contribution < -0.4 is 15.6 Å². The molecule has 2 fully saturated rings. The number of carbonyl (C=O) groups is 1. The lowest BCUT2D eigenvalue weighted by Gasteiger charge is -2.27. The first-order valence-corrected chi connectivity index (χ1v) is 14.3. The van der Waals surface area contributed by atoms with Gasteiger partial charge in [-0.25, -0.2) is 8.42 Å². The van der Waals surface area contributed by atoms with Gasteiger partial charge in [-0.1, -0.05) is 12.1 Å². The van der Waals surface area contributed by atoms with Crippen molar-refractivity contribution in [1.29, 1.82) is 10.5 Å². The Kier molecular flexibility index (Phi) is 7.27. The fourth-order valence-electron chi connectivity index (χ4n) is 4.64. The number of aromatic nitrogens is 3. The van der Waals surface area contributed by atoms with Gasteiger partial charge >= 0.3 is 0 Å². The molecule has 2 saturated carbocycles. The van der Waals surface area contributed by atoms with Crippen LogP contribution in [0, 0.1) is 22.7 Å². The summed E-state index contributed by atoms with van der Waals surface area (Å²) in [6, 6.07) is 12.1. The highest BCUT2D eigenvalue weighted by molar-refractivity contribution is 7.90. The second kappa shape index (κ2) is 10.7. The van der Waals surface area contributed by atoms with Crippen LogP contribution in [0.15, 0.2) is 41.3 Å². The smallest absolute Gasteiger partial charge is 0.263 e. The molecule has 0 bridgehead atoms. The maximum Gasteiger partial charge on any atom is 0.263 e. The van der Waals surface area contributed by atoms with E-state index in [9.17, 15) is 18.0 Å². The molecular weight excluding hydrogens is 534 g/mol. The van der Waals surface area contributed by atoms with E-state index in [0.717, 1.165) is 18.4 Å². The van der Waals surface area contributed by atoms with Crippen LogP contribution >= 0.6 is 0 Å². The van der Waals surface area contributed by atoms with Crippen molar-refractivity contribution in [3.05, 3.63) is 63.6 Å². The molecule has 2 aromatic heterocycles. The highest BCUT2D eigenvalue weighted by atomic mass is 32.2. The van der Waals surface area contributed by atoms with Gasteiger partial charge in [0.2, 0.25) is 10.0 Å². The van der Waals surface area contributed by atoms with Crippen molar-refractivity contribution in [3.63, 3.8) is 0 Å². The third-order valence-corrected chi connectivity index (χ3v) is 10.0. The number of ether oxygens (including phenoxy) is 1. The van der Waals surface area contributed by atoms with Crippen LogP contribution in [-0.4, -0.2) is 57.3 Å². The zero-order valence-corrected chi connectivity index (χ0v) is 22.6. The van der Waals surface area contributed by atoms with Gasteiger partial charge in [0.25, 0.3) is 17.3 Å². The molecule has 13 heteroatoms. The van der Waals surface area contributed by atoms with Gasteiger partial charge in [0.1, 0.15) is 22.4 Å². The van der Waals surface area contributed by atoms with Gasteiger partial charge in [-0.3, -0.25) is 9.59 Å². The number of hydrogen-bond acceptors (Lipinski definition) is 9. The molecule has 206 valence electrons. The summed E-state index contributed by atoms with van der Waals surface area (Å²) in [4.78, 5) is 26.0. The molecule has 0 spiro atoms. The Morgan fingerprint density at radius 3 is 2.60 bits per heavy atom. The molecule has 0 radical (unpaired) electrons. The number of benzene rings is 1. The van der Waals surface area contributed by atoms with Crippen LogP contribution in [0.4, 0.5) is 0 Å². The quantitative estimate of drug-likeness (QED) is 0.366. The summed E-state index contributed by atoms with van der Waals surface area (Å²) >= 11 is 0. The Balaban J connectivity index is 1.35. The van der Waals surface area contributed by atoms with Crippen LogP contribution in [-0.2, 0) is 23.6 Å². The molecule has 5 rings (SSSR count). The zero-order chi connectivity index (χ0) is 28.5. The van der Waals surface area contributed by atoms with E-state index < -0.39 is 26.2 Å². The Morgan fingerprint density at radius 2 is 1.98 bits per heavy atom. The SMILES string of the molecule is Cn1c(=O)c(C(=O)NCc2ccc(C#N)cc2)cc2cnnc(OCC3(S(=O)(=O)N(CCC#N)C4CC4)CC3)c21. The van der Waals surface area contributed by atoms with Gasteiger partial charge in [-0.15, -0.1) is 5.10 Å². The summed E-state index contributed by atoms with van der Waals surface area (Å²) in [7, 11) is -2.24. The Morgan fingerprint density at radius 1 is 1.25 bits per heavy atom. The minimum Gasteiger partial charge on any atom is -0.473 e. The molecule has 2 aliphatic carbocycles. The molecule has 1 aromatic carbocycles. The minimum atomic E-state index is -3.72. The number of fused-ring (bicyclic) bond motifs is 1. The van der Waals surface area contributed by atoms with Crippen molar-refractivity contribution in [1.82, 2.24) is 24.4 Å². The summed E-state index contributed by atoms with van der Waals surface area (Å²) in [5, 5.41) is 29.0. The van der Waals surface area contributed by atoms with Gasteiger partial charge in [-0.05, 0) is 49.4 Å². The van der Waals surface area contributed by atoms with Gasteiger partial charge < -0.3 is 14.6 Å². The number of carbonyl (C=O) groups excluding carboxylic acids is 1. The first-order chi connectivity index (χ1) is 19.2. The van der Waals surface area contributed by atoms with Gasteiger partial charge in [0.05, 0.1) is 23.9 Å². The molecule has 2 heterocycles. The third-order valence-electron chi connectivity index (χ3n) is 7.31. The van der Waals surface area contributed by atoms with Crippen molar-refractivity contribution < 1.29 is 17.9 Å². The van der Waals surface area contributed by atoms with Gasteiger partial charge in [0.15, 0.2) is 0 Å². The average molecular weight is 562 g/mol. The van der Waals surface area contributed by atoms with Crippen LogP contribution in [0.2, 0.25) is 0 Å². The lowest BCUT2D eigenvalue weighted by Crippen LogP contribution is -2.45. The summed E-state index contributed by atoms with van der Waals surface area (Å²) in [6.07, 6.45) is 3.92. The second-order valence-electron chi connectivity index (χ2n) is 10.1. The van der Waals surface area contributed by atoms with Crippen molar-refractivity contribution in [2.75, 3.05) is 13.2 Å². The minimum absolute atomic E-state index is 0.00175. The maximum atomic E-state index is 13.5. The van der Waals surface area contributed by atoms with Crippen LogP contribution in [0.3, 0.4) is 0 Å². The molecule has 2 aliphatic rings. The molecule has 0 saturated heterocycles. The molecular formula is C27H27N7O5S. The standard InChI is InChI=1S/C27H27N7O5S/c1-33-23-20(13-22(26(33)36)24(35)30-15-19-5-3-18(14-29)4-6-19)16-31-32-25(23)39-17-27(9-10-27)40(37,38)34(12-2-11-28)21-7-8-21/h3-6,13,16,21H,2,7-10,12,15,17H2,1H3,(H,30,35). The van der Waals surface area contributed by atoms with E-state index in [2.05, 4.69) is 15.5 Å². The topological polar surface area (TPSA) is 171 Å². The highest BCUT2D eigenvalue weighted by Crippen LogP contribution is 2.48. The number of nitrogens with one attached hydrogen (secondary N) is 1. The van der Waals surface area contributed by atoms with E-state index in [1.165, 1.54) is 28.2 Å². The van der Waals surface area contributed by atoms with E-state index in [1.54, 1.807) is 24.3 Å². The Bertz CT molecular complexity index is 1710. The van der Waals surface area contributed by atoms with Crippen molar-refractivity contribution in [3.8, 4) is 18.0 Å². The number of pyridine rings is 1. The van der Waals surface area contributed by atoms with Crippen molar-refractivity contribution in [2.45, 2.75) is 49.4 Å². The fourth-order valence-corrected chi connectivity index (χ4v) is 6.90. The van der Waals surface area contributed by atoms with E-state index >= 15 is 0 Å². The summed E-state index contributed by atoms with van der Waals surface area (Å²) < 4.78 is 34.5. The summed E-state index contributed by atoms with van der Waals surface area (Å²) in [6.45, 7) is 0.154. The van der Waals surface area contributed by atoms with Gasteiger partial charge in [-0.2, -0.15) is 19.9 Å². The predicted octanol–water partition coefficient (Wildman–Crippen LogP) is 1.75. The Hall–Kier alpha value is -4.33. The molecule has 40 heavy (non-hydrogen) atoms. The largest absolute Gasteiger partial charge is 0.473 e.